The van der Waals surface area contributed by atoms with Crippen LogP contribution in [-0.4, -0.2) is 27.0 Å². The summed E-state index contributed by atoms with van der Waals surface area (Å²) in [6.07, 6.45) is 1.59. The number of rotatable bonds is 4. The molecule has 0 bridgehead atoms. The van der Waals surface area contributed by atoms with Crippen molar-refractivity contribution >= 4 is 66.4 Å². The minimum absolute atomic E-state index is 0.0885. The maximum absolute atomic E-state index is 13.2. The van der Waals surface area contributed by atoms with Crippen LogP contribution < -0.4 is 0 Å². The fourth-order valence-electron chi connectivity index (χ4n) is 4.51. The molecule has 0 radical (unpaired) electrons. The van der Waals surface area contributed by atoms with Crippen molar-refractivity contribution in [1.29, 1.82) is 0 Å². The quantitative estimate of drug-likeness (QED) is 0.274. The number of piperidine rings is 2. The summed E-state index contributed by atoms with van der Waals surface area (Å²) in [5, 5.41) is 0. The van der Waals surface area contributed by atoms with Crippen LogP contribution in [0.3, 0.4) is 0 Å². The predicted molar refractivity (Wildman–Crippen MR) is 136 cm³/mol. The molecule has 0 aliphatic carbocycles. The van der Waals surface area contributed by atoms with Gasteiger partial charge in [-0.25, -0.2) is 8.61 Å². The number of aryl methyl sites for hydroxylation is 1. The molecule has 0 N–H and O–H groups in total. The lowest BCUT2D eigenvalue weighted by atomic mass is 9.77. The van der Waals surface area contributed by atoms with Crippen molar-refractivity contribution in [2.24, 2.45) is 5.92 Å². The van der Waals surface area contributed by atoms with Crippen molar-refractivity contribution in [2.75, 3.05) is 6.54 Å². The van der Waals surface area contributed by atoms with E-state index < -0.39 is 0 Å². The normalized spacial score (nSPS) is 28.9. The van der Waals surface area contributed by atoms with Crippen LogP contribution in [0.15, 0.2) is 54.6 Å². The van der Waals surface area contributed by atoms with E-state index in [1.807, 2.05) is 0 Å². The van der Waals surface area contributed by atoms with Gasteiger partial charge in [0.25, 0.3) is 0 Å². The van der Waals surface area contributed by atoms with Gasteiger partial charge in [-0.05, 0) is 42.7 Å². The Balaban J connectivity index is 1.67. The monoisotopic (exact) mass is 636 g/mol. The molecule has 2 aromatic rings. The van der Waals surface area contributed by atoms with Crippen LogP contribution >= 0.6 is 60.6 Å². The Morgan fingerprint density at radius 1 is 0.964 bits per heavy atom. The van der Waals surface area contributed by atoms with Crippen LogP contribution in [0.5, 0.6) is 0 Å². The summed E-state index contributed by atoms with van der Waals surface area (Å²) in [5.41, 5.74) is 3.86. The van der Waals surface area contributed by atoms with Crippen molar-refractivity contribution in [3.8, 4) is 0 Å². The third kappa shape index (κ3) is 4.30. The summed E-state index contributed by atoms with van der Waals surface area (Å²) in [6.45, 7) is 2.95. The molecule has 4 atom stereocenters. The van der Waals surface area contributed by atoms with Gasteiger partial charge < -0.3 is 0 Å². The van der Waals surface area contributed by atoms with Crippen molar-refractivity contribution in [3.05, 3.63) is 71.3 Å². The summed E-state index contributed by atoms with van der Waals surface area (Å²) in [7, 11) is 3.51. The number of carbonyl (C=O) groups excluding carboxylic acids is 1. The SMILES string of the molecule is Cc1cccc(C2CC(=O)[C@@H]3CN(SI)[C@H](c4ccccc4)C[C@@H]3N2SI)c1. The Morgan fingerprint density at radius 2 is 1.71 bits per heavy atom. The number of hydrogen-bond donors (Lipinski definition) is 0. The second-order valence-electron chi connectivity index (χ2n) is 7.53. The van der Waals surface area contributed by atoms with Crippen LogP contribution in [0, 0.1) is 12.8 Å². The number of ketones is 1. The summed E-state index contributed by atoms with van der Waals surface area (Å²) in [6, 6.07) is 20.1. The first-order valence-corrected chi connectivity index (χ1v) is 16.0. The van der Waals surface area contributed by atoms with E-state index in [1.165, 1.54) is 16.7 Å². The fourth-order valence-corrected chi connectivity index (χ4v) is 8.66. The van der Waals surface area contributed by atoms with Gasteiger partial charge in [0.1, 0.15) is 5.78 Å². The van der Waals surface area contributed by atoms with E-state index in [0.29, 0.717) is 18.2 Å². The molecule has 0 amide bonds. The Hall–Kier alpha value is 0.190. The molecule has 2 aliphatic heterocycles. The third-order valence-electron chi connectivity index (χ3n) is 5.88. The number of carbonyl (C=O) groups is 1. The first kappa shape index (κ1) is 21.4. The third-order valence-corrected chi connectivity index (χ3v) is 10.0. The van der Waals surface area contributed by atoms with Gasteiger partial charge in [-0.1, -0.05) is 60.2 Å². The zero-order valence-electron chi connectivity index (χ0n) is 15.5. The van der Waals surface area contributed by atoms with E-state index in [-0.39, 0.29) is 18.0 Å². The van der Waals surface area contributed by atoms with Crippen molar-refractivity contribution in [3.63, 3.8) is 0 Å². The minimum Gasteiger partial charge on any atom is -0.299 e. The molecule has 4 rings (SSSR count). The van der Waals surface area contributed by atoms with E-state index in [9.17, 15) is 4.79 Å². The van der Waals surface area contributed by atoms with Crippen LogP contribution in [0.25, 0.3) is 0 Å². The van der Waals surface area contributed by atoms with Crippen molar-refractivity contribution < 1.29 is 4.79 Å². The maximum Gasteiger partial charge on any atom is 0.140 e. The van der Waals surface area contributed by atoms with Gasteiger partial charge in [0.2, 0.25) is 0 Å². The lowest BCUT2D eigenvalue weighted by molar-refractivity contribution is -0.131. The van der Waals surface area contributed by atoms with Crippen molar-refractivity contribution in [1.82, 2.24) is 8.61 Å². The molecule has 7 heteroatoms. The van der Waals surface area contributed by atoms with Gasteiger partial charge in [0.15, 0.2) is 0 Å². The Morgan fingerprint density at radius 3 is 2.39 bits per heavy atom. The second-order valence-corrected chi connectivity index (χ2v) is 11.1. The van der Waals surface area contributed by atoms with Gasteiger partial charge in [0.05, 0.1) is 6.04 Å². The average molecular weight is 636 g/mol. The molecular weight excluding hydrogens is 614 g/mol. The first-order valence-electron chi connectivity index (χ1n) is 9.39. The lowest BCUT2D eigenvalue weighted by Gasteiger charge is -2.50. The molecule has 2 aromatic carbocycles. The molecule has 2 heterocycles. The van der Waals surface area contributed by atoms with E-state index in [2.05, 4.69) is 113 Å². The summed E-state index contributed by atoms with van der Waals surface area (Å²) in [4.78, 5) is 13.2. The minimum atomic E-state index is 0.0885. The van der Waals surface area contributed by atoms with Crippen LogP contribution in [-0.2, 0) is 4.79 Å². The summed E-state index contributed by atoms with van der Waals surface area (Å²) in [5.74, 6) is 0.505. The number of nitrogens with zero attached hydrogens (tertiary/aromatic N) is 2. The van der Waals surface area contributed by atoms with E-state index >= 15 is 0 Å². The number of hydrogen-bond acceptors (Lipinski definition) is 5. The highest BCUT2D eigenvalue weighted by molar-refractivity contribution is 14.2. The van der Waals surface area contributed by atoms with Crippen LogP contribution in [0.2, 0.25) is 0 Å². The van der Waals surface area contributed by atoms with Gasteiger partial charge in [-0.2, -0.15) is 0 Å². The molecular formula is C21H22I2N2OS2. The van der Waals surface area contributed by atoms with Crippen molar-refractivity contribution in [2.45, 2.75) is 37.9 Å². The van der Waals surface area contributed by atoms with Gasteiger partial charge in [0, 0.05) is 73.4 Å². The highest BCUT2D eigenvalue weighted by Gasteiger charge is 2.48. The van der Waals surface area contributed by atoms with Gasteiger partial charge >= 0.3 is 0 Å². The molecule has 1 unspecified atom stereocenters. The summed E-state index contributed by atoms with van der Waals surface area (Å²) >= 11 is 4.76. The molecule has 2 saturated heterocycles. The molecule has 3 nitrogen and oxygen atoms in total. The maximum atomic E-state index is 13.2. The average Bonchev–Trinajstić information content (AvgIpc) is 2.73. The molecule has 28 heavy (non-hydrogen) atoms. The zero-order chi connectivity index (χ0) is 19.7. The molecule has 148 valence electrons. The van der Waals surface area contributed by atoms with Crippen LogP contribution in [0.4, 0.5) is 0 Å². The Labute approximate surface area is 199 Å². The topological polar surface area (TPSA) is 23.6 Å². The summed E-state index contributed by atoms with van der Waals surface area (Å²) < 4.78 is 4.91. The Kier molecular flexibility index (Phi) is 7.31. The van der Waals surface area contributed by atoms with Gasteiger partial charge in [-0.15, -0.1) is 0 Å². The first-order chi connectivity index (χ1) is 13.6. The highest BCUT2D eigenvalue weighted by atomic mass is 127. The standard InChI is InChI=1S/C21H22I2N2OS2/c1-14-6-5-9-16(10-14)19-12-21(26)17-13-24(27-22)18(11-20(17)25(19)28-23)15-7-3-2-4-8-15/h2-10,17-20H,11-13H2,1H3/t17-,18+,19?,20+/m1/s1. The molecule has 2 fully saturated rings. The molecule has 2 aliphatic rings. The number of Topliss-reactive ketones (excluding diaryl/α,β-unsaturated/α-hetero) is 1. The highest BCUT2D eigenvalue weighted by Crippen LogP contribution is 2.50. The lowest BCUT2D eigenvalue weighted by Crippen LogP contribution is -2.55. The number of fused-ring (bicyclic) bond motifs is 1. The number of halogens is 2. The second kappa shape index (κ2) is 9.55. The number of benzene rings is 2. The largest absolute Gasteiger partial charge is 0.299 e. The molecule has 0 spiro atoms. The molecule has 0 saturated carbocycles. The smallest absolute Gasteiger partial charge is 0.140 e. The predicted octanol–water partition coefficient (Wildman–Crippen LogP) is 6.74. The van der Waals surface area contributed by atoms with E-state index in [0.717, 1.165) is 13.0 Å². The van der Waals surface area contributed by atoms with E-state index in [4.69, 9.17) is 0 Å². The van der Waals surface area contributed by atoms with Gasteiger partial charge in [-0.3, -0.25) is 4.79 Å². The fraction of sp³-hybridized carbons (Fsp3) is 0.381. The van der Waals surface area contributed by atoms with E-state index in [1.54, 1.807) is 18.2 Å². The Bertz CT molecular complexity index is 838. The van der Waals surface area contributed by atoms with Crippen LogP contribution in [0.1, 0.15) is 41.6 Å². The zero-order valence-corrected chi connectivity index (χ0v) is 21.4. The molecule has 0 aromatic heterocycles.